The van der Waals surface area contributed by atoms with Crippen molar-refractivity contribution in [3.05, 3.63) is 57.7 Å². The van der Waals surface area contributed by atoms with Crippen LogP contribution in [-0.4, -0.2) is 66.0 Å². The highest BCUT2D eigenvalue weighted by Gasteiger charge is 2.28. The van der Waals surface area contributed by atoms with Crippen LogP contribution in [0.25, 0.3) is 10.9 Å². The molecule has 0 spiro atoms. The minimum atomic E-state index is 0.105. The summed E-state index contributed by atoms with van der Waals surface area (Å²) in [6.07, 6.45) is 2.97. The first-order valence-corrected chi connectivity index (χ1v) is 13.6. The summed E-state index contributed by atoms with van der Waals surface area (Å²) in [5.41, 5.74) is 5.54. The lowest BCUT2D eigenvalue weighted by atomic mass is 10.0. The van der Waals surface area contributed by atoms with Crippen LogP contribution in [0.3, 0.4) is 0 Å². The number of ether oxygens (including phenoxy) is 3. The van der Waals surface area contributed by atoms with Gasteiger partial charge in [0, 0.05) is 85.5 Å². The number of amides is 1. The summed E-state index contributed by atoms with van der Waals surface area (Å²) in [5, 5.41) is 1.83. The molecule has 6 rings (SSSR count). The summed E-state index contributed by atoms with van der Waals surface area (Å²) in [4.78, 5) is 17.9. The third kappa shape index (κ3) is 4.47. The van der Waals surface area contributed by atoms with Crippen molar-refractivity contribution < 1.29 is 19.0 Å². The molecule has 0 saturated carbocycles. The van der Waals surface area contributed by atoms with E-state index >= 15 is 0 Å². The molecule has 0 atom stereocenters. The number of aromatic nitrogens is 1. The monoisotopic (exact) mass is 523 g/mol. The van der Waals surface area contributed by atoms with Gasteiger partial charge in [-0.15, -0.1) is 0 Å². The Morgan fingerprint density at radius 3 is 2.59 bits per heavy atom. The van der Waals surface area contributed by atoms with Gasteiger partial charge in [0.2, 0.25) is 6.79 Å². The number of rotatable bonds is 5. The smallest absolute Gasteiger partial charge is 0.253 e. The van der Waals surface area contributed by atoms with Gasteiger partial charge in [0.1, 0.15) is 0 Å². The lowest BCUT2D eigenvalue weighted by Crippen LogP contribution is -2.40. The van der Waals surface area contributed by atoms with E-state index in [4.69, 9.17) is 25.8 Å². The Morgan fingerprint density at radius 1 is 1.11 bits per heavy atom. The Hall–Kier alpha value is -2.74. The van der Waals surface area contributed by atoms with Crippen molar-refractivity contribution in [1.29, 1.82) is 0 Å². The van der Waals surface area contributed by atoms with E-state index in [0.717, 1.165) is 73.2 Å². The lowest BCUT2D eigenvalue weighted by Gasteiger charge is -2.31. The molecule has 8 heteroatoms. The van der Waals surface area contributed by atoms with Crippen molar-refractivity contribution in [1.82, 2.24) is 14.4 Å². The molecule has 0 radical (unpaired) electrons. The van der Waals surface area contributed by atoms with Crippen LogP contribution in [0.2, 0.25) is 5.02 Å². The summed E-state index contributed by atoms with van der Waals surface area (Å²) in [7, 11) is 1.75. The molecule has 0 unspecified atom stereocenters. The zero-order chi connectivity index (χ0) is 25.7. The van der Waals surface area contributed by atoms with Gasteiger partial charge in [-0.2, -0.15) is 0 Å². The minimum Gasteiger partial charge on any atom is -0.454 e. The molecular formula is C29H34ClN3O4. The van der Waals surface area contributed by atoms with Gasteiger partial charge in [0.15, 0.2) is 11.5 Å². The number of carbonyl (C=O) groups is 1. The number of benzene rings is 2. The Bertz CT molecular complexity index is 1340. The number of likely N-dealkylation sites (tertiary alicyclic amines) is 1. The summed E-state index contributed by atoms with van der Waals surface area (Å²) in [6.45, 7) is 8.71. The van der Waals surface area contributed by atoms with Crippen molar-refractivity contribution >= 4 is 28.4 Å². The molecular weight excluding hydrogens is 490 g/mol. The highest BCUT2D eigenvalue weighted by atomic mass is 35.5. The third-order valence-corrected chi connectivity index (χ3v) is 8.55. The van der Waals surface area contributed by atoms with Crippen LogP contribution in [-0.2, 0) is 24.2 Å². The van der Waals surface area contributed by atoms with Gasteiger partial charge in [0.25, 0.3) is 5.91 Å². The van der Waals surface area contributed by atoms with E-state index in [1.165, 1.54) is 11.3 Å². The number of methoxy groups -OCH3 is 1. The maximum absolute atomic E-state index is 13.5. The normalized spacial score (nSPS) is 18.1. The van der Waals surface area contributed by atoms with Crippen LogP contribution in [0.15, 0.2) is 30.3 Å². The molecule has 0 N–H and O–H groups in total. The van der Waals surface area contributed by atoms with Crippen molar-refractivity contribution in [2.75, 3.05) is 33.5 Å². The molecule has 2 aromatic carbocycles. The van der Waals surface area contributed by atoms with E-state index in [2.05, 4.69) is 35.4 Å². The topological polar surface area (TPSA) is 56.2 Å². The molecule has 3 aliphatic rings. The number of nitrogens with zero attached hydrogens (tertiary/aromatic N) is 3. The van der Waals surface area contributed by atoms with E-state index in [1.807, 2.05) is 23.1 Å². The second-order valence-electron chi connectivity index (χ2n) is 10.6. The zero-order valence-electron chi connectivity index (χ0n) is 21.8. The Kier molecular flexibility index (Phi) is 6.55. The predicted octanol–water partition coefficient (Wildman–Crippen LogP) is 5.09. The molecule has 1 aromatic heterocycles. The highest BCUT2D eigenvalue weighted by molar-refractivity contribution is 6.31. The van der Waals surface area contributed by atoms with E-state index in [1.54, 1.807) is 7.11 Å². The number of carbonyl (C=O) groups excluding carboxylic acids is 1. The van der Waals surface area contributed by atoms with Crippen LogP contribution >= 0.6 is 11.6 Å². The molecule has 7 nitrogen and oxygen atoms in total. The first kappa shape index (κ1) is 24.6. The second kappa shape index (κ2) is 9.86. The molecule has 0 aliphatic carbocycles. The fourth-order valence-electron chi connectivity index (χ4n) is 5.95. The van der Waals surface area contributed by atoms with Crippen LogP contribution in [0.1, 0.15) is 53.9 Å². The average molecular weight is 524 g/mol. The standard InChI is InChI=1S/C29H34ClN3O4/c1-18(2)32-11-8-26-23(16-32)22-12-19(29(34)31-9-6-21(35-3)7-10-31)4-5-25(22)33(26)15-20-13-27-28(14-24(20)30)37-17-36-27/h4-5,12-14,18,21H,6-11,15-17H2,1-3H3. The third-order valence-electron chi connectivity index (χ3n) is 8.19. The fraction of sp³-hybridized carbons (Fsp3) is 0.483. The van der Waals surface area contributed by atoms with Gasteiger partial charge >= 0.3 is 0 Å². The zero-order valence-corrected chi connectivity index (χ0v) is 22.5. The van der Waals surface area contributed by atoms with Gasteiger partial charge in [-0.25, -0.2) is 0 Å². The first-order chi connectivity index (χ1) is 17.9. The quantitative estimate of drug-likeness (QED) is 0.466. The highest BCUT2D eigenvalue weighted by Crippen LogP contribution is 2.39. The summed E-state index contributed by atoms with van der Waals surface area (Å²) >= 11 is 6.68. The average Bonchev–Trinajstić information content (AvgIpc) is 3.49. The largest absolute Gasteiger partial charge is 0.454 e. The second-order valence-corrected chi connectivity index (χ2v) is 11.0. The van der Waals surface area contributed by atoms with Gasteiger partial charge in [-0.3, -0.25) is 9.69 Å². The van der Waals surface area contributed by atoms with Gasteiger partial charge < -0.3 is 23.7 Å². The molecule has 3 aliphatic heterocycles. The first-order valence-electron chi connectivity index (χ1n) is 13.2. The molecule has 4 heterocycles. The number of hydrogen-bond acceptors (Lipinski definition) is 5. The van der Waals surface area contributed by atoms with E-state index in [9.17, 15) is 4.79 Å². The Labute approximate surface area is 222 Å². The number of fused-ring (bicyclic) bond motifs is 4. The van der Waals surface area contributed by atoms with Crippen molar-refractivity contribution in [2.45, 2.75) is 58.3 Å². The van der Waals surface area contributed by atoms with Crippen LogP contribution < -0.4 is 9.47 Å². The van der Waals surface area contributed by atoms with Gasteiger partial charge in [-0.1, -0.05) is 11.6 Å². The number of piperidine rings is 1. The molecule has 196 valence electrons. The fourth-order valence-corrected chi connectivity index (χ4v) is 6.17. The predicted molar refractivity (Wildman–Crippen MR) is 144 cm³/mol. The lowest BCUT2D eigenvalue weighted by molar-refractivity contribution is 0.0351. The molecule has 0 bridgehead atoms. The Morgan fingerprint density at radius 2 is 1.86 bits per heavy atom. The summed E-state index contributed by atoms with van der Waals surface area (Å²) < 4.78 is 19.0. The molecule has 37 heavy (non-hydrogen) atoms. The van der Waals surface area contributed by atoms with Crippen LogP contribution in [0.5, 0.6) is 11.5 Å². The van der Waals surface area contributed by atoms with Gasteiger partial charge in [-0.05, 0) is 62.1 Å². The summed E-state index contributed by atoms with van der Waals surface area (Å²) in [6, 6.07) is 10.5. The molecule has 3 aromatic rings. The van der Waals surface area contributed by atoms with E-state index in [-0.39, 0.29) is 18.8 Å². The molecule has 1 fully saturated rings. The van der Waals surface area contributed by atoms with Crippen molar-refractivity contribution in [3.8, 4) is 11.5 Å². The minimum absolute atomic E-state index is 0.105. The molecule has 1 saturated heterocycles. The SMILES string of the molecule is COC1CCN(C(=O)c2ccc3c(c2)c2c(n3Cc3cc4c(cc3Cl)OCO4)CCN(C(C)C)C2)CC1. The van der Waals surface area contributed by atoms with Crippen LogP contribution in [0, 0.1) is 0 Å². The van der Waals surface area contributed by atoms with Crippen molar-refractivity contribution in [2.24, 2.45) is 0 Å². The Balaban J connectivity index is 1.38. The number of hydrogen-bond donors (Lipinski definition) is 0. The van der Waals surface area contributed by atoms with E-state index < -0.39 is 0 Å². The number of halogens is 1. The maximum atomic E-state index is 13.5. The maximum Gasteiger partial charge on any atom is 0.253 e. The van der Waals surface area contributed by atoms with Crippen molar-refractivity contribution in [3.63, 3.8) is 0 Å². The van der Waals surface area contributed by atoms with Gasteiger partial charge in [0.05, 0.1) is 6.10 Å². The van der Waals surface area contributed by atoms with E-state index in [0.29, 0.717) is 23.4 Å². The molecule has 1 amide bonds. The van der Waals surface area contributed by atoms with Crippen LogP contribution in [0.4, 0.5) is 0 Å². The summed E-state index contributed by atoms with van der Waals surface area (Å²) in [5.74, 6) is 1.53.